The van der Waals surface area contributed by atoms with Crippen LogP contribution in [0.5, 0.6) is 0 Å². The van der Waals surface area contributed by atoms with Gasteiger partial charge in [0, 0.05) is 6.08 Å². The molecule has 130 valence electrons. The van der Waals surface area contributed by atoms with Gasteiger partial charge in [-0.25, -0.2) is 13.6 Å². The van der Waals surface area contributed by atoms with Gasteiger partial charge in [-0.1, -0.05) is 76.8 Å². The van der Waals surface area contributed by atoms with Gasteiger partial charge >= 0.3 is 5.97 Å². The van der Waals surface area contributed by atoms with Crippen molar-refractivity contribution < 1.29 is 18.3 Å². The lowest BCUT2D eigenvalue weighted by molar-refractivity contribution is -0.137. The van der Waals surface area contributed by atoms with Crippen LogP contribution in [-0.4, -0.2) is 28.1 Å². The molecule has 0 bridgehead atoms. The van der Waals surface area contributed by atoms with Crippen molar-refractivity contribution in [2.45, 2.75) is 82.7 Å². The van der Waals surface area contributed by atoms with Gasteiger partial charge in [0.25, 0.3) is 0 Å². The van der Waals surface area contributed by atoms with E-state index in [1.807, 2.05) is 0 Å². The number of esters is 1. The number of carbonyl (C=O) groups excluding carboxylic acids is 1. The van der Waals surface area contributed by atoms with Crippen LogP contribution in [0.3, 0.4) is 0 Å². The normalized spacial score (nSPS) is 11.4. The molecule has 0 spiro atoms. The van der Waals surface area contributed by atoms with Gasteiger partial charge in [0.15, 0.2) is 0 Å². The molecule has 0 heterocycles. The fourth-order valence-electron chi connectivity index (χ4n) is 2.40. The largest absolute Gasteiger partial charge is 0.463 e. The summed E-state index contributed by atoms with van der Waals surface area (Å²) in [6, 6.07) is -1.19. The Bertz CT molecular complexity index is 273. The zero-order valence-electron chi connectivity index (χ0n) is 13.8. The first-order valence-electron chi connectivity index (χ1n) is 8.74. The third-order valence-electron chi connectivity index (χ3n) is 3.73. The average Bonchev–Trinajstić information content (AvgIpc) is 2.50. The topological polar surface area (TPSA) is 26.3 Å². The Kier molecular flexibility index (Phi) is 16.1. The Hall–Kier alpha value is -0.713. The van der Waals surface area contributed by atoms with Crippen molar-refractivity contribution in [3.8, 4) is 0 Å². The van der Waals surface area contributed by atoms with Gasteiger partial charge in [-0.2, -0.15) is 0 Å². The van der Waals surface area contributed by atoms with Crippen molar-refractivity contribution in [1.29, 1.82) is 0 Å². The van der Waals surface area contributed by atoms with Gasteiger partial charge in [0.1, 0.15) is 9.52 Å². The highest BCUT2D eigenvalue weighted by Crippen LogP contribution is 2.12. The highest BCUT2D eigenvalue weighted by Gasteiger charge is 2.01. The van der Waals surface area contributed by atoms with E-state index >= 15 is 0 Å². The summed E-state index contributed by atoms with van der Waals surface area (Å²) in [6.45, 7) is 3.85. The molecule has 0 aliphatic carbocycles. The number of halogens is 2. The second-order valence-corrected chi connectivity index (χ2v) is 7.70. The van der Waals surface area contributed by atoms with Crippen molar-refractivity contribution in [3.05, 3.63) is 12.7 Å². The Morgan fingerprint density at radius 1 is 0.909 bits per heavy atom. The van der Waals surface area contributed by atoms with Crippen LogP contribution >= 0.6 is 0 Å². The standard InChI is InChI=1S/C17H32F2O2Si/c1-2-16(20)21-14-12-10-8-6-4-3-5-7-9-11-13-15-22-17(18)19/h2,17H,1,3-15,22H2. The number of hydrogen-bond donors (Lipinski definition) is 0. The van der Waals surface area contributed by atoms with E-state index in [-0.39, 0.29) is 5.97 Å². The van der Waals surface area contributed by atoms with E-state index in [0.29, 0.717) is 6.61 Å². The quantitative estimate of drug-likeness (QED) is 0.175. The minimum atomic E-state index is -1.99. The zero-order chi connectivity index (χ0) is 16.5. The third kappa shape index (κ3) is 17.3. The van der Waals surface area contributed by atoms with Gasteiger partial charge in [0.2, 0.25) is 6.05 Å². The summed E-state index contributed by atoms with van der Waals surface area (Å²) in [5.41, 5.74) is 0. The van der Waals surface area contributed by atoms with Crippen LogP contribution in [0.2, 0.25) is 6.04 Å². The number of rotatable bonds is 16. The van der Waals surface area contributed by atoms with Crippen LogP contribution in [-0.2, 0) is 9.53 Å². The number of carbonyl (C=O) groups is 1. The second-order valence-electron chi connectivity index (χ2n) is 5.79. The SMILES string of the molecule is C=CC(=O)OCCCCCCCCCCCCC[SiH2]C(F)F. The van der Waals surface area contributed by atoms with Crippen LogP contribution in [0.4, 0.5) is 8.78 Å². The highest BCUT2D eigenvalue weighted by molar-refractivity contribution is 6.36. The molecule has 0 aliphatic rings. The first kappa shape index (κ1) is 21.3. The van der Waals surface area contributed by atoms with Gasteiger partial charge in [-0.05, 0) is 6.42 Å². The Morgan fingerprint density at radius 2 is 1.36 bits per heavy atom. The zero-order valence-corrected chi connectivity index (χ0v) is 15.2. The molecular weight excluding hydrogens is 302 g/mol. The van der Waals surface area contributed by atoms with Crippen molar-refractivity contribution >= 4 is 15.5 Å². The maximum absolute atomic E-state index is 12.0. The van der Waals surface area contributed by atoms with Crippen LogP contribution < -0.4 is 0 Å². The number of ether oxygens (including phenoxy) is 1. The van der Waals surface area contributed by atoms with E-state index in [1.165, 1.54) is 51.0 Å². The molecule has 0 aromatic carbocycles. The predicted octanol–water partition coefficient (Wildman–Crippen LogP) is 4.82. The van der Waals surface area contributed by atoms with Crippen LogP contribution in [0.1, 0.15) is 70.6 Å². The van der Waals surface area contributed by atoms with Crippen molar-refractivity contribution in [2.75, 3.05) is 6.61 Å². The molecule has 0 N–H and O–H groups in total. The van der Waals surface area contributed by atoms with E-state index in [0.717, 1.165) is 31.7 Å². The molecule has 0 aromatic heterocycles. The maximum atomic E-state index is 12.0. The lowest BCUT2D eigenvalue weighted by Gasteiger charge is -2.03. The highest BCUT2D eigenvalue weighted by atomic mass is 28.2. The smallest absolute Gasteiger partial charge is 0.330 e. The first-order chi connectivity index (χ1) is 10.7. The fourth-order valence-corrected chi connectivity index (χ4v) is 3.35. The number of hydrogen-bond acceptors (Lipinski definition) is 2. The summed E-state index contributed by atoms with van der Waals surface area (Å²) >= 11 is 0. The predicted molar refractivity (Wildman–Crippen MR) is 91.3 cm³/mol. The van der Waals surface area contributed by atoms with Crippen molar-refractivity contribution in [2.24, 2.45) is 0 Å². The summed E-state index contributed by atoms with van der Waals surface area (Å²) in [5.74, 6) is -0.337. The summed E-state index contributed by atoms with van der Waals surface area (Å²) in [4.78, 5) is 10.8. The minimum Gasteiger partial charge on any atom is -0.463 e. The second kappa shape index (κ2) is 16.7. The summed E-state index contributed by atoms with van der Waals surface area (Å²) in [5, 5.41) is 0. The first-order valence-corrected chi connectivity index (χ1v) is 10.6. The maximum Gasteiger partial charge on any atom is 0.330 e. The van der Waals surface area contributed by atoms with E-state index < -0.39 is 15.6 Å². The molecule has 0 radical (unpaired) electrons. The fraction of sp³-hybridized carbons (Fsp3) is 0.824. The number of unbranched alkanes of at least 4 members (excludes halogenated alkanes) is 10. The number of alkyl halides is 2. The van der Waals surface area contributed by atoms with Crippen LogP contribution in [0.15, 0.2) is 12.7 Å². The minimum absolute atomic E-state index is 0.337. The van der Waals surface area contributed by atoms with Gasteiger partial charge < -0.3 is 4.74 Å². The Labute approximate surface area is 136 Å². The van der Waals surface area contributed by atoms with E-state index in [9.17, 15) is 13.6 Å². The Balaban J connectivity index is 3.02. The van der Waals surface area contributed by atoms with Gasteiger partial charge in [-0.3, -0.25) is 0 Å². The van der Waals surface area contributed by atoms with Crippen molar-refractivity contribution in [3.63, 3.8) is 0 Å². The average molecular weight is 335 g/mol. The molecule has 5 heteroatoms. The van der Waals surface area contributed by atoms with Crippen molar-refractivity contribution in [1.82, 2.24) is 0 Å². The van der Waals surface area contributed by atoms with Gasteiger partial charge in [-0.15, -0.1) is 0 Å². The third-order valence-corrected chi connectivity index (χ3v) is 5.07. The molecule has 2 nitrogen and oxygen atoms in total. The molecule has 0 saturated carbocycles. The molecular formula is C17H32F2O2Si. The summed E-state index contributed by atoms with van der Waals surface area (Å²) in [6.07, 6.45) is 14.1. The summed E-state index contributed by atoms with van der Waals surface area (Å²) in [7, 11) is -1.09. The molecule has 0 aromatic rings. The Morgan fingerprint density at radius 3 is 1.82 bits per heavy atom. The lowest BCUT2D eigenvalue weighted by Crippen LogP contribution is -2.02. The molecule has 0 unspecified atom stereocenters. The van der Waals surface area contributed by atoms with Crippen LogP contribution in [0.25, 0.3) is 0 Å². The lowest BCUT2D eigenvalue weighted by atomic mass is 10.1. The van der Waals surface area contributed by atoms with E-state index in [4.69, 9.17) is 4.74 Å². The van der Waals surface area contributed by atoms with Crippen LogP contribution in [0, 0.1) is 0 Å². The molecule has 22 heavy (non-hydrogen) atoms. The van der Waals surface area contributed by atoms with E-state index in [1.54, 1.807) is 0 Å². The monoisotopic (exact) mass is 334 g/mol. The molecule has 0 amide bonds. The molecule has 0 fully saturated rings. The molecule has 0 aliphatic heterocycles. The summed E-state index contributed by atoms with van der Waals surface area (Å²) < 4.78 is 28.8. The molecule has 0 atom stereocenters. The molecule has 0 rings (SSSR count). The molecule has 0 saturated heterocycles. The van der Waals surface area contributed by atoms with E-state index in [2.05, 4.69) is 6.58 Å². The van der Waals surface area contributed by atoms with Gasteiger partial charge in [0.05, 0.1) is 6.61 Å².